The maximum Gasteiger partial charge on any atom is -0.0106 e. The molecule has 0 amide bonds. The fraction of sp³-hybridized carbons (Fsp3) is 0.440. The van der Waals surface area contributed by atoms with Crippen molar-refractivity contribution >= 4 is 5.57 Å². The van der Waals surface area contributed by atoms with Crippen LogP contribution >= 0.6 is 0 Å². The molecule has 0 bridgehead atoms. The van der Waals surface area contributed by atoms with Crippen LogP contribution in [0, 0.1) is 12.8 Å². The lowest BCUT2D eigenvalue weighted by Crippen LogP contribution is -2.00. The van der Waals surface area contributed by atoms with Gasteiger partial charge in [0.1, 0.15) is 0 Å². The van der Waals surface area contributed by atoms with Crippen LogP contribution in [0.25, 0.3) is 16.7 Å². The van der Waals surface area contributed by atoms with Gasteiger partial charge in [0.15, 0.2) is 0 Å². The number of hydrogen-bond donors (Lipinski definition) is 0. The van der Waals surface area contributed by atoms with Gasteiger partial charge < -0.3 is 0 Å². The maximum absolute atomic E-state index is 4.46. The molecule has 0 heterocycles. The molecule has 0 saturated carbocycles. The Labute approximate surface area is 155 Å². The van der Waals surface area contributed by atoms with Gasteiger partial charge in [0.05, 0.1) is 0 Å². The van der Waals surface area contributed by atoms with Crippen molar-refractivity contribution in [3.63, 3.8) is 0 Å². The number of hydrogen-bond acceptors (Lipinski definition) is 0. The molecule has 0 aromatic heterocycles. The first-order valence-corrected chi connectivity index (χ1v) is 10.0. The second kappa shape index (κ2) is 10.2. The molecular formula is C25H34. The van der Waals surface area contributed by atoms with Crippen molar-refractivity contribution in [1.82, 2.24) is 0 Å². The summed E-state index contributed by atoms with van der Waals surface area (Å²) in [4.78, 5) is 0. The van der Waals surface area contributed by atoms with E-state index in [0.29, 0.717) is 0 Å². The third-order valence-corrected chi connectivity index (χ3v) is 5.20. The average molecular weight is 335 g/mol. The number of allylic oxidation sites excluding steroid dienone is 1. The van der Waals surface area contributed by atoms with Gasteiger partial charge in [-0.3, -0.25) is 0 Å². The summed E-state index contributed by atoms with van der Waals surface area (Å²) in [6, 6.07) is 17.3. The smallest absolute Gasteiger partial charge is 0.0106 e. The SMILES string of the molecule is C=C(CCCC(CCC)CCC)c1c(C)cccc1-c1ccccc1. The van der Waals surface area contributed by atoms with Gasteiger partial charge in [0, 0.05) is 0 Å². The lowest BCUT2D eigenvalue weighted by atomic mass is 9.87. The molecule has 0 spiro atoms. The molecule has 0 aliphatic carbocycles. The predicted octanol–water partition coefficient (Wildman–Crippen LogP) is 8.06. The summed E-state index contributed by atoms with van der Waals surface area (Å²) < 4.78 is 0. The van der Waals surface area contributed by atoms with Crippen LogP contribution in [-0.2, 0) is 0 Å². The van der Waals surface area contributed by atoms with Gasteiger partial charge in [0.2, 0.25) is 0 Å². The lowest BCUT2D eigenvalue weighted by molar-refractivity contribution is 0.402. The Bertz CT molecular complexity index is 645. The number of rotatable bonds is 10. The third-order valence-electron chi connectivity index (χ3n) is 5.20. The van der Waals surface area contributed by atoms with E-state index in [4.69, 9.17) is 0 Å². The minimum Gasteiger partial charge on any atom is -0.0952 e. The predicted molar refractivity (Wildman–Crippen MR) is 113 cm³/mol. The zero-order valence-corrected chi connectivity index (χ0v) is 16.4. The first kappa shape index (κ1) is 19.5. The van der Waals surface area contributed by atoms with Gasteiger partial charge in [0.25, 0.3) is 0 Å². The highest BCUT2D eigenvalue weighted by molar-refractivity contribution is 5.82. The molecule has 2 aromatic rings. The molecule has 0 fully saturated rings. The zero-order valence-electron chi connectivity index (χ0n) is 16.4. The van der Waals surface area contributed by atoms with Crippen LogP contribution in [0.2, 0.25) is 0 Å². The van der Waals surface area contributed by atoms with Crippen LogP contribution in [-0.4, -0.2) is 0 Å². The topological polar surface area (TPSA) is 0 Å². The first-order chi connectivity index (χ1) is 12.2. The number of benzene rings is 2. The van der Waals surface area contributed by atoms with Gasteiger partial charge in [-0.25, -0.2) is 0 Å². The molecular weight excluding hydrogens is 300 g/mol. The Morgan fingerprint density at radius 3 is 2.20 bits per heavy atom. The fourth-order valence-corrected chi connectivity index (χ4v) is 3.97. The van der Waals surface area contributed by atoms with Crippen LogP contribution in [0.15, 0.2) is 55.1 Å². The summed E-state index contributed by atoms with van der Waals surface area (Å²) in [6.45, 7) is 11.3. The van der Waals surface area contributed by atoms with E-state index in [2.05, 4.69) is 75.9 Å². The van der Waals surface area contributed by atoms with E-state index < -0.39 is 0 Å². The third kappa shape index (κ3) is 5.59. The minimum absolute atomic E-state index is 0.897. The molecule has 0 atom stereocenters. The quantitative estimate of drug-likeness (QED) is 0.412. The van der Waals surface area contributed by atoms with Crippen molar-refractivity contribution in [3.8, 4) is 11.1 Å². The molecule has 2 aromatic carbocycles. The highest BCUT2D eigenvalue weighted by Gasteiger charge is 2.12. The Kier molecular flexibility index (Phi) is 7.98. The molecule has 134 valence electrons. The largest absolute Gasteiger partial charge is 0.0952 e. The summed E-state index contributed by atoms with van der Waals surface area (Å²) in [5.41, 5.74) is 6.60. The van der Waals surface area contributed by atoms with E-state index in [0.717, 1.165) is 12.3 Å². The van der Waals surface area contributed by atoms with Crippen molar-refractivity contribution in [2.45, 2.75) is 65.7 Å². The summed E-state index contributed by atoms with van der Waals surface area (Å²) >= 11 is 0. The summed E-state index contributed by atoms with van der Waals surface area (Å²) in [5, 5.41) is 0. The van der Waals surface area contributed by atoms with Crippen molar-refractivity contribution in [2.24, 2.45) is 5.92 Å². The van der Waals surface area contributed by atoms with E-state index in [9.17, 15) is 0 Å². The number of aryl methyl sites for hydroxylation is 1. The van der Waals surface area contributed by atoms with Crippen molar-refractivity contribution in [3.05, 3.63) is 66.2 Å². The second-order valence-electron chi connectivity index (χ2n) is 7.30. The second-order valence-corrected chi connectivity index (χ2v) is 7.30. The average Bonchev–Trinajstić information content (AvgIpc) is 2.62. The molecule has 0 nitrogen and oxygen atoms in total. The zero-order chi connectivity index (χ0) is 18.1. The maximum atomic E-state index is 4.46. The van der Waals surface area contributed by atoms with Gasteiger partial charge >= 0.3 is 0 Å². The molecule has 0 saturated heterocycles. The van der Waals surface area contributed by atoms with E-state index in [1.807, 2.05) is 0 Å². The highest BCUT2D eigenvalue weighted by atomic mass is 14.2. The normalized spacial score (nSPS) is 11.0. The van der Waals surface area contributed by atoms with Gasteiger partial charge in [-0.05, 0) is 53.5 Å². The Hall–Kier alpha value is -1.82. The molecule has 0 N–H and O–H groups in total. The first-order valence-electron chi connectivity index (χ1n) is 10.0. The summed E-state index contributed by atoms with van der Waals surface area (Å²) in [5.74, 6) is 0.897. The summed E-state index contributed by atoms with van der Waals surface area (Å²) in [7, 11) is 0. The molecule has 0 aliphatic heterocycles. The fourth-order valence-electron chi connectivity index (χ4n) is 3.97. The van der Waals surface area contributed by atoms with Gasteiger partial charge in [-0.15, -0.1) is 0 Å². The monoisotopic (exact) mass is 334 g/mol. The van der Waals surface area contributed by atoms with Crippen molar-refractivity contribution in [2.75, 3.05) is 0 Å². The molecule has 0 aliphatic rings. The molecule has 0 unspecified atom stereocenters. The Balaban J connectivity index is 2.09. The van der Waals surface area contributed by atoms with Crippen molar-refractivity contribution < 1.29 is 0 Å². The molecule has 0 heteroatoms. The molecule has 2 rings (SSSR count). The lowest BCUT2D eigenvalue weighted by Gasteiger charge is -2.18. The minimum atomic E-state index is 0.897. The van der Waals surface area contributed by atoms with E-state index in [1.165, 1.54) is 66.4 Å². The van der Waals surface area contributed by atoms with Crippen LogP contribution < -0.4 is 0 Å². The standard InChI is InChI=1S/C25H34/c1-5-12-22(13-6-2)16-10-14-20(3)25-21(4)15-11-19-24(25)23-17-8-7-9-18-23/h7-9,11,15,17-19,22H,3,5-6,10,12-14,16H2,1-2,4H3. The van der Waals surface area contributed by atoms with Crippen LogP contribution in [0.4, 0.5) is 0 Å². The summed E-state index contributed by atoms with van der Waals surface area (Å²) in [6.07, 6.45) is 9.07. The molecule has 0 radical (unpaired) electrons. The molecule has 25 heavy (non-hydrogen) atoms. The van der Waals surface area contributed by atoms with E-state index >= 15 is 0 Å². The Morgan fingerprint density at radius 1 is 0.880 bits per heavy atom. The highest BCUT2D eigenvalue weighted by Crippen LogP contribution is 2.33. The Morgan fingerprint density at radius 2 is 1.56 bits per heavy atom. The van der Waals surface area contributed by atoms with Crippen LogP contribution in [0.3, 0.4) is 0 Å². The van der Waals surface area contributed by atoms with Crippen molar-refractivity contribution in [1.29, 1.82) is 0 Å². The van der Waals surface area contributed by atoms with Gasteiger partial charge in [-0.1, -0.05) is 101 Å². The van der Waals surface area contributed by atoms with Gasteiger partial charge in [-0.2, -0.15) is 0 Å². The van der Waals surface area contributed by atoms with Crippen LogP contribution in [0.1, 0.15) is 69.9 Å². The van der Waals surface area contributed by atoms with E-state index in [1.54, 1.807) is 0 Å². The van der Waals surface area contributed by atoms with E-state index in [-0.39, 0.29) is 0 Å². The van der Waals surface area contributed by atoms with Crippen LogP contribution in [0.5, 0.6) is 0 Å².